The van der Waals surface area contributed by atoms with Crippen LogP contribution >= 0.6 is 0 Å². The molecule has 3 aromatic rings. The van der Waals surface area contributed by atoms with E-state index in [0.717, 1.165) is 22.4 Å². The molecular weight excluding hydrogens is 423 g/mol. The fourth-order valence-corrected chi connectivity index (χ4v) is 4.21. The van der Waals surface area contributed by atoms with Crippen molar-refractivity contribution in [2.45, 2.75) is 44.8 Å². The molecule has 1 amide bonds. The summed E-state index contributed by atoms with van der Waals surface area (Å²) in [5.41, 5.74) is 3.53. The van der Waals surface area contributed by atoms with Gasteiger partial charge in [0.25, 0.3) is 0 Å². The summed E-state index contributed by atoms with van der Waals surface area (Å²) in [6.45, 7) is 5.74. The van der Waals surface area contributed by atoms with E-state index in [9.17, 15) is 14.3 Å². The van der Waals surface area contributed by atoms with Crippen LogP contribution in [0.15, 0.2) is 48.8 Å². The summed E-state index contributed by atoms with van der Waals surface area (Å²) in [5.74, 6) is -0.343. The number of aryl methyl sites for hydroxylation is 1. The molecule has 3 heterocycles. The molecule has 1 saturated heterocycles. The smallest absolute Gasteiger partial charge is 0.410 e. The SMILES string of the molecule is Cn1ccc(-c2cc(-c3ccc(F)cc3)ncc2[C@@H]2C[C@H](CO)N(C(=O)OC(C)(C)C)C2)n1. The highest BCUT2D eigenvalue weighted by molar-refractivity contribution is 5.73. The zero-order chi connectivity index (χ0) is 23.8. The summed E-state index contributed by atoms with van der Waals surface area (Å²) < 4.78 is 20.7. The van der Waals surface area contributed by atoms with Gasteiger partial charge in [-0.2, -0.15) is 5.10 Å². The van der Waals surface area contributed by atoms with Crippen LogP contribution in [0, 0.1) is 5.82 Å². The largest absolute Gasteiger partial charge is 0.444 e. The summed E-state index contributed by atoms with van der Waals surface area (Å²) in [4.78, 5) is 19.0. The number of hydrogen-bond acceptors (Lipinski definition) is 5. The van der Waals surface area contributed by atoms with E-state index in [1.54, 1.807) is 27.9 Å². The highest BCUT2D eigenvalue weighted by Crippen LogP contribution is 2.38. The minimum Gasteiger partial charge on any atom is -0.444 e. The van der Waals surface area contributed by atoms with Gasteiger partial charge in [-0.15, -0.1) is 0 Å². The third-order valence-corrected chi connectivity index (χ3v) is 5.76. The fraction of sp³-hybridized carbons (Fsp3) is 0.400. The number of ether oxygens (including phenoxy) is 1. The van der Waals surface area contributed by atoms with Gasteiger partial charge < -0.3 is 14.7 Å². The molecule has 1 aliphatic heterocycles. The normalized spacial score (nSPS) is 18.5. The molecule has 0 bridgehead atoms. The van der Waals surface area contributed by atoms with Gasteiger partial charge in [0.1, 0.15) is 11.4 Å². The number of benzene rings is 1. The predicted octanol–water partition coefficient (Wildman–Crippen LogP) is 4.37. The first kappa shape index (κ1) is 22.9. The number of aliphatic hydroxyl groups excluding tert-OH is 1. The van der Waals surface area contributed by atoms with Crippen LogP contribution < -0.4 is 0 Å². The molecule has 0 spiro atoms. The molecule has 174 valence electrons. The molecule has 1 N–H and O–H groups in total. The van der Waals surface area contributed by atoms with Crippen LogP contribution in [0.2, 0.25) is 0 Å². The number of rotatable bonds is 4. The van der Waals surface area contributed by atoms with Gasteiger partial charge in [0.05, 0.1) is 24.0 Å². The van der Waals surface area contributed by atoms with Crippen molar-refractivity contribution in [3.63, 3.8) is 0 Å². The quantitative estimate of drug-likeness (QED) is 0.636. The summed E-state index contributed by atoms with van der Waals surface area (Å²) in [6.07, 6.45) is 3.84. The van der Waals surface area contributed by atoms with E-state index >= 15 is 0 Å². The van der Waals surface area contributed by atoms with Crippen LogP contribution in [0.3, 0.4) is 0 Å². The number of pyridine rings is 1. The van der Waals surface area contributed by atoms with Gasteiger partial charge in [0.2, 0.25) is 0 Å². The molecule has 2 atom stereocenters. The molecule has 33 heavy (non-hydrogen) atoms. The summed E-state index contributed by atoms with van der Waals surface area (Å²) >= 11 is 0. The third kappa shape index (κ3) is 5.06. The summed E-state index contributed by atoms with van der Waals surface area (Å²) in [7, 11) is 1.85. The van der Waals surface area contributed by atoms with Crippen LogP contribution in [-0.4, -0.2) is 55.7 Å². The molecule has 8 heteroatoms. The molecule has 2 aromatic heterocycles. The maximum atomic E-state index is 13.4. The molecule has 1 aromatic carbocycles. The molecule has 7 nitrogen and oxygen atoms in total. The topological polar surface area (TPSA) is 80.5 Å². The Morgan fingerprint density at radius 1 is 1.21 bits per heavy atom. The number of hydrogen-bond donors (Lipinski definition) is 1. The van der Waals surface area contributed by atoms with Gasteiger partial charge >= 0.3 is 6.09 Å². The average molecular weight is 453 g/mol. The zero-order valence-electron chi connectivity index (χ0n) is 19.3. The highest BCUT2D eigenvalue weighted by Gasteiger charge is 2.39. The third-order valence-electron chi connectivity index (χ3n) is 5.76. The van der Waals surface area contributed by atoms with Crippen LogP contribution in [0.25, 0.3) is 22.5 Å². The fourth-order valence-electron chi connectivity index (χ4n) is 4.21. The lowest BCUT2D eigenvalue weighted by Gasteiger charge is -2.27. The van der Waals surface area contributed by atoms with E-state index in [-0.39, 0.29) is 24.4 Å². The van der Waals surface area contributed by atoms with Gasteiger partial charge in [-0.25, -0.2) is 9.18 Å². The van der Waals surface area contributed by atoms with E-state index in [2.05, 4.69) is 10.1 Å². The Bertz CT molecular complexity index is 1140. The Labute approximate surface area is 192 Å². The second-order valence-corrected chi connectivity index (χ2v) is 9.44. The van der Waals surface area contributed by atoms with Gasteiger partial charge in [0.15, 0.2) is 0 Å². The number of likely N-dealkylation sites (tertiary alicyclic amines) is 1. The molecule has 0 saturated carbocycles. The number of carbonyl (C=O) groups is 1. The molecule has 4 rings (SSSR count). The van der Waals surface area contributed by atoms with Crippen molar-refractivity contribution in [2.24, 2.45) is 7.05 Å². The lowest BCUT2D eigenvalue weighted by molar-refractivity contribution is 0.0174. The van der Waals surface area contributed by atoms with E-state index in [0.29, 0.717) is 18.7 Å². The van der Waals surface area contributed by atoms with Crippen molar-refractivity contribution in [3.05, 3.63) is 60.2 Å². The van der Waals surface area contributed by atoms with Gasteiger partial charge in [-0.05, 0) is 69.2 Å². The molecule has 0 unspecified atom stereocenters. The first-order valence-corrected chi connectivity index (χ1v) is 11.0. The number of amides is 1. The number of nitrogens with zero attached hydrogens (tertiary/aromatic N) is 4. The van der Waals surface area contributed by atoms with Crippen LogP contribution in [-0.2, 0) is 11.8 Å². The highest BCUT2D eigenvalue weighted by atomic mass is 19.1. The molecule has 1 aliphatic rings. The lowest BCUT2D eigenvalue weighted by Crippen LogP contribution is -2.41. The number of carbonyl (C=O) groups excluding carboxylic acids is 1. The van der Waals surface area contributed by atoms with Crippen molar-refractivity contribution in [1.82, 2.24) is 19.7 Å². The number of aromatic nitrogens is 3. The zero-order valence-corrected chi connectivity index (χ0v) is 19.3. The standard InChI is InChI=1S/C25H29FN4O3/c1-25(2,3)33-24(32)30-14-17(11-19(30)15-31)21-13-27-23(16-5-7-18(26)8-6-16)12-20(21)22-9-10-29(4)28-22/h5-10,12-13,17,19,31H,11,14-15H2,1-4H3/t17-,19-/m1/s1. The number of halogens is 1. The maximum Gasteiger partial charge on any atom is 0.410 e. The lowest BCUT2D eigenvalue weighted by atomic mass is 9.91. The monoisotopic (exact) mass is 452 g/mol. The van der Waals surface area contributed by atoms with E-state index in [4.69, 9.17) is 4.74 Å². The molecule has 0 radical (unpaired) electrons. The molecule has 0 aliphatic carbocycles. The van der Waals surface area contributed by atoms with Crippen LogP contribution in [0.5, 0.6) is 0 Å². The van der Waals surface area contributed by atoms with Gasteiger partial charge in [0, 0.05) is 43.0 Å². The first-order chi connectivity index (χ1) is 15.6. The Morgan fingerprint density at radius 2 is 1.94 bits per heavy atom. The second-order valence-electron chi connectivity index (χ2n) is 9.44. The first-order valence-electron chi connectivity index (χ1n) is 11.0. The Hall–Kier alpha value is -3.26. The van der Waals surface area contributed by atoms with Gasteiger partial charge in [-0.3, -0.25) is 9.67 Å². The Morgan fingerprint density at radius 3 is 2.55 bits per heavy atom. The van der Waals surface area contributed by atoms with E-state index in [1.165, 1.54) is 12.1 Å². The minimum atomic E-state index is -0.618. The molecule has 1 fully saturated rings. The number of aliphatic hydroxyl groups is 1. The Balaban J connectivity index is 1.71. The van der Waals surface area contributed by atoms with Crippen molar-refractivity contribution in [3.8, 4) is 22.5 Å². The van der Waals surface area contributed by atoms with Crippen molar-refractivity contribution < 1.29 is 19.0 Å². The summed E-state index contributed by atoms with van der Waals surface area (Å²) in [6, 6.07) is 9.76. The van der Waals surface area contributed by atoms with Crippen LogP contribution in [0.4, 0.5) is 9.18 Å². The molecular formula is C25H29FN4O3. The minimum absolute atomic E-state index is 0.0403. The average Bonchev–Trinajstić information content (AvgIpc) is 3.39. The maximum absolute atomic E-state index is 13.4. The second kappa shape index (κ2) is 8.94. The van der Waals surface area contributed by atoms with Crippen molar-refractivity contribution in [1.29, 1.82) is 0 Å². The predicted molar refractivity (Wildman–Crippen MR) is 123 cm³/mol. The van der Waals surface area contributed by atoms with E-state index < -0.39 is 11.7 Å². The Kier molecular flexibility index (Phi) is 6.21. The van der Waals surface area contributed by atoms with Crippen molar-refractivity contribution >= 4 is 6.09 Å². The summed E-state index contributed by atoms with van der Waals surface area (Å²) in [5, 5.41) is 14.5. The van der Waals surface area contributed by atoms with E-state index in [1.807, 2.05) is 46.1 Å². The van der Waals surface area contributed by atoms with Crippen molar-refractivity contribution in [2.75, 3.05) is 13.2 Å². The van der Waals surface area contributed by atoms with Crippen LogP contribution in [0.1, 0.15) is 38.7 Å². The van der Waals surface area contributed by atoms with Gasteiger partial charge in [-0.1, -0.05) is 0 Å².